The van der Waals surface area contributed by atoms with Crippen molar-refractivity contribution in [3.63, 3.8) is 0 Å². The standard InChI is InChI=1S/C24H29FN2O3/c1-29-21-9-3-18(4-10-21)22(27-13-15-30-16-14-27)17-26-23(28)24(11-2-12-24)19-5-7-20(25)8-6-19/h3-10,22H,2,11-17H2,1H3,(H,26,28). The van der Waals surface area contributed by atoms with Gasteiger partial charge in [0.1, 0.15) is 11.6 Å². The average molecular weight is 413 g/mol. The minimum Gasteiger partial charge on any atom is -0.497 e. The van der Waals surface area contributed by atoms with Crippen molar-refractivity contribution in [2.24, 2.45) is 0 Å². The topological polar surface area (TPSA) is 50.8 Å². The summed E-state index contributed by atoms with van der Waals surface area (Å²) in [5.74, 6) is 0.570. The lowest BCUT2D eigenvalue weighted by Crippen LogP contribution is -2.51. The first-order chi connectivity index (χ1) is 14.6. The molecular formula is C24H29FN2O3. The molecule has 4 rings (SSSR count). The van der Waals surface area contributed by atoms with Gasteiger partial charge in [-0.1, -0.05) is 30.7 Å². The van der Waals surface area contributed by atoms with Gasteiger partial charge in [0.2, 0.25) is 5.91 Å². The molecule has 1 amide bonds. The van der Waals surface area contributed by atoms with E-state index < -0.39 is 5.41 Å². The van der Waals surface area contributed by atoms with E-state index in [4.69, 9.17) is 9.47 Å². The maximum atomic E-state index is 13.4. The first kappa shape index (κ1) is 20.8. The third-order valence-corrected chi connectivity index (χ3v) is 6.48. The monoisotopic (exact) mass is 412 g/mol. The lowest BCUT2D eigenvalue weighted by Gasteiger charge is -2.42. The van der Waals surface area contributed by atoms with Crippen LogP contribution in [0.25, 0.3) is 0 Å². The van der Waals surface area contributed by atoms with E-state index in [1.165, 1.54) is 12.1 Å². The fourth-order valence-electron chi connectivity index (χ4n) is 4.48. The van der Waals surface area contributed by atoms with Gasteiger partial charge in [-0.15, -0.1) is 0 Å². The smallest absolute Gasteiger partial charge is 0.230 e. The van der Waals surface area contributed by atoms with Gasteiger partial charge in [-0.2, -0.15) is 0 Å². The van der Waals surface area contributed by atoms with Crippen LogP contribution in [0.1, 0.15) is 36.4 Å². The third kappa shape index (κ3) is 4.20. The van der Waals surface area contributed by atoms with Crippen LogP contribution in [0.4, 0.5) is 4.39 Å². The zero-order valence-electron chi connectivity index (χ0n) is 17.4. The quantitative estimate of drug-likeness (QED) is 0.757. The van der Waals surface area contributed by atoms with Crippen LogP contribution in [0.5, 0.6) is 5.75 Å². The Morgan fingerprint density at radius 2 is 1.80 bits per heavy atom. The Labute approximate surface area is 177 Å². The summed E-state index contributed by atoms with van der Waals surface area (Å²) in [6.45, 7) is 3.57. The Morgan fingerprint density at radius 3 is 2.37 bits per heavy atom. The molecule has 0 bridgehead atoms. The van der Waals surface area contributed by atoms with E-state index in [-0.39, 0.29) is 17.8 Å². The highest BCUT2D eigenvalue weighted by molar-refractivity contribution is 5.89. The molecule has 5 nitrogen and oxygen atoms in total. The molecule has 0 radical (unpaired) electrons. The molecule has 1 saturated carbocycles. The summed E-state index contributed by atoms with van der Waals surface area (Å²) in [4.78, 5) is 15.6. The predicted octanol–water partition coefficient (Wildman–Crippen LogP) is 3.45. The number of nitrogens with zero attached hydrogens (tertiary/aromatic N) is 1. The normalized spacial score (nSPS) is 19.5. The second-order valence-electron chi connectivity index (χ2n) is 8.09. The number of carbonyl (C=O) groups is 1. The molecule has 1 aliphatic heterocycles. The van der Waals surface area contributed by atoms with Gasteiger partial charge >= 0.3 is 0 Å². The predicted molar refractivity (Wildman–Crippen MR) is 113 cm³/mol. The van der Waals surface area contributed by atoms with E-state index >= 15 is 0 Å². The number of nitrogens with one attached hydrogen (secondary N) is 1. The zero-order chi connectivity index (χ0) is 21.0. The van der Waals surface area contributed by atoms with Gasteiger partial charge in [-0.25, -0.2) is 4.39 Å². The first-order valence-electron chi connectivity index (χ1n) is 10.6. The Balaban J connectivity index is 1.50. The number of hydrogen-bond donors (Lipinski definition) is 1. The molecule has 2 aromatic carbocycles. The molecule has 2 aliphatic rings. The van der Waals surface area contributed by atoms with Gasteiger partial charge in [-0.05, 0) is 48.2 Å². The highest BCUT2D eigenvalue weighted by Crippen LogP contribution is 2.44. The molecule has 2 aromatic rings. The van der Waals surface area contributed by atoms with Crippen molar-refractivity contribution in [1.82, 2.24) is 10.2 Å². The molecule has 0 aromatic heterocycles. The molecule has 6 heteroatoms. The maximum absolute atomic E-state index is 13.4. The van der Waals surface area contributed by atoms with Gasteiger partial charge in [0.15, 0.2) is 0 Å². The van der Waals surface area contributed by atoms with Crippen LogP contribution >= 0.6 is 0 Å². The Morgan fingerprint density at radius 1 is 1.13 bits per heavy atom. The zero-order valence-corrected chi connectivity index (χ0v) is 17.4. The van der Waals surface area contributed by atoms with Crippen molar-refractivity contribution in [2.45, 2.75) is 30.7 Å². The number of ether oxygens (including phenoxy) is 2. The summed E-state index contributed by atoms with van der Waals surface area (Å²) < 4.78 is 24.2. The summed E-state index contributed by atoms with van der Waals surface area (Å²) >= 11 is 0. The Bertz CT molecular complexity index is 844. The number of halogens is 1. The van der Waals surface area contributed by atoms with E-state index in [1.54, 1.807) is 19.2 Å². The third-order valence-electron chi connectivity index (χ3n) is 6.48. The summed E-state index contributed by atoms with van der Waals surface area (Å²) in [6.07, 6.45) is 2.61. The van der Waals surface area contributed by atoms with Crippen molar-refractivity contribution in [3.05, 3.63) is 65.5 Å². The van der Waals surface area contributed by atoms with Crippen molar-refractivity contribution in [3.8, 4) is 5.75 Å². The lowest BCUT2D eigenvalue weighted by molar-refractivity contribution is -0.130. The van der Waals surface area contributed by atoms with Gasteiger partial charge in [0, 0.05) is 19.6 Å². The van der Waals surface area contributed by atoms with E-state index in [2.05, 4.69) is 22.3 Å². The van der Waals surface area contributed by atoms with E-state index in [0.29, 0.717) is 19.8 Å². The summed E-state index contributed by atoms with van der Waals surface area (Å²) in [7, 11) is 1.65. The molecule has 1 saturated heterocycles. The molecule has 160 valence electrons. The number of benzene rings is 2. The van der Waals surface area contributed by atoms with E-state index in [0.717, 1.165) is 49.2 Å². The highest BCUT2D eigenvalue weighted by atomic mass is 19.1. The summed E-state index contributed by atoms with van der Waals surface area (Å²) in [5, 5.41) is 3.22. The van der Waals surface area contributed by atoms with Crippen LogP contribution in [0.2, 0.25) is 0 Å². The second-order valence-corrected chi connectivity index (χ2v) is 8.09. The SMILES string of the molecule is COc1ccc(C(CNC(=O)C2(c3ccc(F)cc3)CCC2)N2CCOCC2)cc1. The first-order valence-corrected chi connectivity index (χ1v) is 10.6. The molecule has 0 spiro atoms. The fourth-order valence-corrected chi connectivity index (χ4v) is 4.48. The number of rotatable bonds is 7. The number of methoxy groups -OCH3 is 1. The van der Waals surface area contributed by atoms with E-state index in [9.17, 15) is 9.18 Å². The van der Waals surface area contributed by atoms with Gasteiger partial charge in [0.05, 0.1) is 31.8 Å². The Kier molecular flexibility index (Phi) is 6.35. The van der Waals surface area contributed by atoms with Crippen molar-refractivity contribution >= 4 is 5.91 Å². The van der Waals surface area contributed by atoms with Crippen molar-refractivity contribution in [1.29, 1.82) is 0 Å². The van der Waals surface area contributed by atoms with Crippen LogP contribution in [-0.2, 0) is 14.9 Å². The maximum Gasteiger partial charge on any atom is 0.230 e. The minimum atomic E-state index is -0.539. The van der Waals surface area contributed by atoms with Crippen molar-refractivity contribution < 1.29 is 18.7 Å². The van der Waals surface area contributed by atoms with Crippen LogP contribution < -0.4 is 10.1 Å². The number of carbonyl (C=O) groups excluding carboxylic acids is 1. The van der Waals surface area contributed by atoms with Gasteiger partial charge in [-0.3, -0.25) is 9.69 Å². The molecule has 1 atom stereocenters. The minimum absolute atomic E-state index is 0.0344. The van der Waals surface area contributed by atoms with E-state index in [1.807, 2.05) is 12.1 Å². The average Bonchev–Trinajstić information content (AvgIpc) is 2.75. The fraction of sp³-hybridized carbons (Fsp3) is 0.458. The molecular weight excluding hydrogens is 383 g/mol. The summed E-state index contributed by atoms with van der Waals surface area (Å²) in [6, 6.07) is 14.5. The summed E-state index contributed by atoms with van der Waals surface area (Å²) in [5.41, 5.74) is 1.51. The van der Waals surface area contributed by atoms with Gasteiger partial charge in [0.25, 0.3) is 0 Å². The van der Waals surface area contributed by atoms with Crippen LogP contribution in [-0.4, -0.2) is 50.8 Å². The molecule has 1 aliphatic carbocycles. The van der Waals surface area contributed by atoms with Crippen LogP contribution in [0.3, 0.4) is 0 Å². The van der Waals surface area contributed by atoms with Crippen LogP contribution in [0, 0.1) is 5.82 Å². The molecule has 1 N–H and O–H groups in total. The van der Waals surface area contributed by atoms with Crippen molar-refractivity contribution in [2.75, 3.05) is 40.0 Å². The van der Waals surface area contributed by atoms with Gasteiger partial charge < -0.3 is 14.8 Å². The molecule has 2 fully saturated rings. The largest absolute Gasteiger partial charge is 0.497 e. The lowest BCUT2D eigenvalue weighted by atomic mass is 9.64. The number of morpholine rings is 1. The molecule has 30 heavy (non-hydrogen) atoms. The number of hydrogen-bond acceptors (Lipinski definition) is 4. The molecule has 1 heterocycles. The number of amides is 1. The van der Waals surface area contributed by atoms with Crippen LogP contribution in [0.15, 0.2) is 48.5 Å². The second kappa shape index (κ2) is 9.14. The molecule has 1 unspecified atom stereocenters. The Hall–Kier alpha value is -2.44. The highest BCUT2D eigenvalue weighted by Gasteiger charge is 2.45.